The topological polar surface area (TPSA) is 20.3 Å². The van der Waals surface area contributed by atoms with E-state index in [1.54, 1.807) is 6.07 Å². The summed E-state index contributed by atoms with van der Waals surface area (Å²) in [5, 5.41) is 0. The molecule has 0 radical (unpaired) electrons. The van der Waals surface area contributed by atoms with Crippen molar-refractivity contribution in [2.75, 3.05) is 20.1 Å². The van der Waals surface area contributed by atoms with E-state index in [4.69, 9.17) is 0 Å². The summed E-state index contributed by atoms with van der Waals surface area (Å²) >= 11 is 1.39. The van der Waals surface area contributed by atoms with Gasteiger partial charge in [-0.05, 0) is 26.1 Å². The van der Waals surface area contributed by atoms with E-state index < -0.39 is 6.43 Å². The van der Waals surface area contributed by atoms with Crippen molar-refractivity contribution in [1.82, 2.24) is 4.90 Å². The number of carbonyl (C=O) groups is 1. The highest BCUT2D eigenvalue weighted by atomic mass is 32.1. The fraction of sp³-hybridized carbons (Fsp3) is 0.500. The number of rotatable bonds is 5. The molecule has 15 heavy (non-hydrogen) atoms. The lowest BCUT2D eigenvalue weighted by molar-refractivity contribution is 0.0823. The number of aryl methyl sites for hydroxylation is 1. The molecule has 1 aromatic rings. The van der Waals surface area contributed by atoms with Crippen LogP contribution in [0.25, 0.3) is 0 Å². The molecule has 0 aromatic carbocycles. The fourth-order valence-electron chi connectivity index (χ4n) is 1.21. The van der Waals surface area contributed by atoms with Crippen molar-refractivity contribution in [2.24, 2.45) is 0 Å². The first-order valence-electron chi connectivity index (χ1n) is 4.55. The molecule has 0 bridgehead atoms. The Morgan fingerprint density at radius 2 is 2.20 bits per heavy atom. The predicted molar refractivity (Wildman–Crippen MR) is 56.9 cm³/mol. The summed E-state index contributed by atoms with van der Waals surface area (Å²) in [4.78, 5) is 14.6. The van der Waals surface area contributed by atoms with Gasteiger partial charge in [0.2, 0.25) is 0 Å². The standard InChI is InChI=1S/C10H13F2NOS/c1-7-3-4-9(15-7)8(14)5-13(2)6-10(11)12/h3-4,10H,5-6H2,1-2H3. The minimum absolute atomic E-state index is 0.0459. The van der Waals surface area contributed by atoms with E-state index in [2.05, 4.69) is 0 Å². The lowest BCUT2D eigenvalue weighted by Gasteiger charge is -2.13. The number of alkyl halides is 2. The number of hydrogen-bond acceptors (Lipinski definition) is 3. The van der Waals surface area contributed by atoms with E-state index in [9.17, 15) is 13.6 Å². The average molecular weight is 233 g/mol. The molecule has 0 unspecified atom stereocenters. The molecule has 2 nitrogen and oxygen atoms in total. The Bertz CT molecular complexity index is 338. The summed E-state index contributed by atoms with van der Waals surface area (Å²) in [6.45, 7) is 1.59. The fourth-order valence-corrected chi connectivity index (χ4v) is 2.01. The summed E-state index contributed by atoms with van der Waals surface area (Å²) in [5.41, 5.74) is 0. The van der Waals surface area contributed by atoms with E-state index >= 15 is 0 Å². The molecule has 0 N–H and O–H groups in total. The Morgan fingerprint density at radius 1 is 1.53 bits per heavy atom. The Hall–Kier alpha value is -0.810. The monoisotopic (exact) mass is 233 g/mol. The van der Waals surface area contributed by atoms with Crippen LogP contribution in [0.15, 0.2) is 12.1 Å². The number of nitrogens with zero attached hydrogens (tertiary/aromatic N) is 1. The van der Waals surface area contributed by atoms with Crippen LogP contribution in [0.5, 0.6) is 0 Å². The zero-order chi connectivity index (χ0) is 11.4. The molecule has 0 amide bonds. The second-order valence-corrected chi connectivity index (χ2v) is 4.71. The van der Waals surface area contributed by atoms with E-state index in [1.165, 1.54) is 23.3 Å². The lowest BCUT2D eigenvalue weighted by atomic mass is 10.3. The number of carbonyl (C=O) groups excluding carboxylic acids is 1. The van der Waals surface area contributed by atoms with Crippen molar-refractivity contribution >= 4 is 17.1 Å². The van der Waals surface area contributed by atoms with Crippen molar-refractivity contribution in [3.05, 3.63) is 21.9 Å². The normalized spacial score (nSPS) is 11.3. The van der Waals surface area contributed by atoms with Gasteiger partial charge in [-0.2, -0.15) is 0 Å². The highest BCUT2D eigenvalue weighted by molar-refractivity contribution is 7.14. The molecule has 0 saturated heterocycles. The van der Waals surface area contributed by atoms with Crippen molar-refractivity contribution in [2.45, 2.75) is 13.3 Å². The third-order valence-corrected chi connectivity index (χ3v) is 2.92. The number of likely N-dealkylation sites (N-methyl/N-ethyl adjacent to an activating group) is 1. The van der Waals surface area contributed by atoms with E-state index in [0.29, 0.717) is 4.88 Å². The molecule has 0 aliphatic rings. The van der Waals surface area contributed by atoms with E-state index in [-0.39, 0.29) is 18.9 Å². The van der Waals surface area contributed by atoms with Gasteiger partial charge in [0.1, 0.15) is 0 Å². The largest absolute Gasteiger partial charge is 0.293 e. The molecule has 0 fully saturated rings. The molecule has 0 aliphatic heterocycles. The van der Waals surface area contributed by atoms with Crippen molar-refractivity contribution in [3.63, 3.8) is 0 Å². The highest BCUT2D eigenvalue weighted by Gasteiger charge is 2.14. The average Bonchev–Trinajstić information content (AvgIpc) is 2.49. The van der Waals surface area contributed by atoms with Crippen LogP contribution >= 0.6 is 11.3 Å². The number of halogens is 2. The zero-order valence-electron chi connectivity index (χ0n) is 8.67. The number of hydrogen-bond donors (Lipinski definition) is 0. The van der Waals surface area contributed by atoms with Gasteiger partial charge in [-0.25, -0.2) is 8.78 Å². The molecule has 1 aromatic heterocycles. The summed E-state index contributed by atoms with van der Waals surface area (Å²) in [7, 11) is 1.52. The van der Waals surface area contributed by atoms with Gasteiger partial charge in [0, 0.05) is 4.88 Å². The molecule has 84 valence electrons. The molecule has 0 atom stereocenters. The molecule has 1 rings (SSSR count). The second-order valence-electron chi connectivity index (χ2n) is 3.42. The maximum atomic E-state index is 12.0. The SMILES string of the molecule is Cc1ccc(C(=O)CN(C)CC(F)F)s1. The first-order chi connectivity index (χ1) is 6.99. The first kappa shape index (κ1) is 12.3. The zero-order valence-corrected chi connectivity index (χ0v) is 9.48. The van der Waals surface area contributed by atoms with Gasteiger partial charge in [-0.15, -0.1) is 11.3 Å². The molecular weight excluding hydrogens is 220 g/mol. The summed E-state index contributed by atoms with van der Waals surface area (Å²) in [6, 6.07) is 3.59. The van der Waals surface area contributed by atoms with Gasteiger partial charge >= 0.3 is 0 Å². The van der Waals surface area contributed by atoms with Gasteiger partial charge in [0.05, 0.1) is 18.0 Å². The van der Waals surface area contributed by atoms with Crippen LogP contribution in [0.1, 0.15) is 14.5 Å². The minimum atomic E-state index is -2.40. The maximum absolute atomic E-state index is 12.0. The van der Waals surface area contributed by atoms with Gasteiger partial charge in [0.25, 0.3) is 6.43 Å². The molecule has 1 heterocycles. The van der Waals surface area contributed by atoms with Crippen LogP contribution in [0.4, 0.5) is 8.78 Å². The molecule has 0 spiro atoms. The number of thiophene rings is 1. The second kappa shape index (κ2) is 5.32. The quantitative estimate of drug-likeness (QED) is 0.728. The summed E-state index contributed by atoms with van der Waals surface area (Å²) < 4.78 is 24.0. The van der Waals surface area contributed by atoms with Crippen LogP contribution in [0.3, 0.4) is 0 Å². The molecule has 0 saturated carbocycles. The molecule has 5 heteroatoms. The van der Waals surface area contributed by atoms with E-state index in [0.717, 1.165) is 4.88 Å². The predicted octanol–water partition coefficient (Wildman–Crippen LogP) is 2.44. The third kappa shape index (κ3) is 4.05. The van der Waals surface area contributed by atoms with Gasteiger partial charge in [-0.1, -0.05) is 0 Å². The Morgan fingerprint density at radius 3 is 2.67 bits per heavy atom. The first-order valence-corrected chi connectivity index (χ1v) is 5.37. The number of ketones is 1. The van der Waals surface area contributed by atoms with Crippen molar-refractivity contribution in [1.29, 1.82) is 0 Å². The van der Waals surface area contributed by atoms with Crippen LogP contribution in [0.2, 0.25) is 0 Å². The highest BCUT2D eigenvalue weighted by Crippen LogP contribution is 2.15. The molecular formula is C10H13F2NOS. The van der Waals surface area contributed by atoms with Crippen LogP contribution in [0, 0.1) is 6.92 Å². The van der Waals surface area contributed by atoms with Crippen LogP contribution in [-0.4, -0.2) is 37.2 Å². The Balaban J connectivity index is 2.49. The minimum Gasteiger partial charge on any atom is -0.293 e. The number of Topliss-reactive ketones (excluding diaryl/α,β-unsaturated/α-hetero) is 1. The van der Waals surface area contributed by atoms with Crippen molar-refractivity contribution in [3.8, 4) is 0 Å². The maximum Gasteiger partial charge on any atom is 0.251 e. The van der Waals surface area contributed by atoms with Gasteiger partial charge < -0.3 is 0 Å². The van der Waals surface area contributed by atoms with Gasteiger partial charge in [-0.3, -0.25) is 9.69 Å². The van der Waals surface area contributed by atoms with Crippen LogP contribution in [-0.2, 0) is 0 Å². The van der Waals surface area contributed by atoms with Gasteiger partial charge in [0.15, 0.2) is 5.78 Å². The summed E-state index contributed by atoms with van der Waals surface area (Å²) in [5.74, 6) is -0.101. The van der Waals surface area contributed by atoms with E-state index in [1.807, 2.05) is 13.0 Å². The Kier molecular flexibility index (Phi) is 4.35. The van der Waals surface area contributed by atoms with Crippen molar-refractivity contribution < 1.29 is 13.6 Å². The summed E-state index contributed by atoms with van der Waals surface area (Å²) in [6.07, 6.45) is -2.40. The Labute approximate surface area is 91.5 Å². The lowest BCUT2D eigenvalue weighted by Crippen LogP contribution is -2.30. The van der Waals surface area contributed by atoms with Crippen LogP contribution < -0.4 is 0 Å². The smallest absolute Gasteiger partial charge is 0.251 e. The molecule has 0 aliphatic carbocycles. The third-order valence-electron chi connectivity index (χ3n) is 1.88.